The molecule has 7 heteroatoms. The number of nitrogens with zero attached hydrogens (tertiary/aromatic N) is 6. The molecule has 0 bridgehead atoms. The lowest BCUT2D eigenvalue weighted by Gasteiger charge is -2.35. The number of piperidine rings is 1. The monoisotopic (exact) mass is 324 g/mol. The van der Waals surface area contributed by atoms with Crippen molar-refractivity contribution < 1.29 is 4.79 Å². The van der Waals surface area contributed by atoms with Gasteiger partial charge in [0.05, 0.1) is 23.8 Å². The topological polar surface area (TPSA) is 68.3 Å². The van der Waals surface area contributed by atoms with E-state index < -0.39 is 0 Å². The summed E-state index contributed by atoms with van der Waals surface area (Å²) < 4.78 is 3.59. The second kappa shape index (κ2) is 6.07. The van der Waals surface area contributed by atoms with Gasteiger partial charge in [0.15, 0.2) is 5.65 Å². The Labute approximate surface area is 139 Å². The average Bonchev–Trinajstić information content (AvgIpc) is 3.22. The Hall–Kier alpha value is -2.70. The number of hydrogen-bond acceptors (Lipinski definition) is 4. The van der Waals surface area contributed by atoms with Crippen LogP contribution in [0.3, 0.4) is 0 Å². The molecule has 1 aliphatic heterocycles. The number of fused-ring (bicyclic) bond motifs is 1. The highest BCUT2D eigenvalue weighted by Gasteiger charge is 2.29. The molecule has 0 aromatic carbocycles. The molecule has 1 aliphatic rings. The summed E-state index contributed by atoms with van der Waals surface area (Å²) in [5, 5.41) is 4.37. The first-order chi connectivity index (χ1) is 11.7. The molecule has 3 aromatic rings. The highest BCUT2D eigenvalue weighted by molar-refractivity contribution is 5.76. The van der Waals surface area contributed by atoms with Crippen molar-refractivity contribution in [2.45, 2.75) is 38.8 Å². The maximum atomic E-state index is 12.7. The minimum atomic E-state index is 0.0370. The number of amides is 1. The van der Waals surface area contributed by atoms with Gasteiger partial charge in [0.25, 0.3) is 0 Å². The summed E-state index contributed by atoms with van der Waals surface area (Å²) in [6.07, 6.45) is 10.2. The third-order valence-electron chi connectivity index (χ3n) is 4.51. The molecule has 1 saturated heterocycles. The zero-order chi connectivity index (χ0) is 16.5. The van der Waals surface area contributed by atoms with E-state index in [-0.39, 0.29) is 11.9 Å². The van der Waals surface area contributed by atoms with Crippen LogP contribution in [0.25, 0.3) is 5.65 Å². The number of rotatable bonds is 3. The largest absolute Gasteiger partial charge is 0.333 e. The van der Waals surface area contributed by atoms with Crippen molar-refractivity contribution in [3.05, 3.63) is 48.4 Å². The molecule has 7 nitrogen and oxygen atoms in total. The van der Waals surface area contributed by atoms with Gasteiger partial charge in [0, 0.05) is 31.2 Å². The highest BCUT2D eigenvalue weighted by Crippen LogP contribution is 2.30. The maximum absolute atomic E-state index is 12.7. The Morgan fingerprint density at radius 3 is 3.08 bits per heavy atom. The van der Waals surface area contributed by atoms with E-state index in [2.05, 4.69) is 10.1 Å². The number of imidazole rings is 1. The minimum absolute atomic E-state index is 0.0370. The van der Waals surface area contributed by atoms with E-state index in [1.807, 2.05) is 40.9 Å². The Morgan fingerprint density at radius 1 is 1.33 bits per heavy atom. The van der Waals surface area contributed by atoms with E-state index in [1.165, 1.54) is 0 Å². The number of likely N-dealkylation sites (tertiary alicyclic amines) is 1. The molecule has 1 amide bonds. The van der Waals surface area contributed by atoms with Crippen molar-refractivity contribution in [2.24, 2.45) is 0 Å². The highest BCUT2D eigenvalue weighted by atomic mass is 16.2. The first-order valence-corrected chi connectivity index (χ1v) is 8.29. The van der Waals surface area contributed by atoms with Gasteiger partial charge >= 0.3 is 0 Å². The fourth-order valence-corrected chi connectivity index (χ4v) is 3.36. The third kappa shape index (κ3) is 2.77. The molecule has 0 saturated carbocycles. The molecule has 0 N–H and O–H groups in total. The average molecular weight is 324 g/mol. The normalized spacial score (nSPS) is 18.2. The van der Waals surface area contributed by atoms with E-state index in [0.29, 0.717) is 6.54 Å². The molecule has 0 spiro atoms. The summed E-state index contributed by atoms with van der Waals surface area (Å²) >= 11 is 0. The van der Waals surface area contributed by atoms with Crippen LogP contribution < -0.4 is 0 Å². The second-order valence-electron chi connectivity index (χ2n) is 6.27. The Balaban J connectivity index is 1.61. The second-order valence-corrected chi connectivity index (χ2v) is 6.27. The Morgan fingerprint density at radius 2 is 2.25 bits per heavy atom. The number of aromatic nitrogens is 5. The van der Waals surface area contributed by atoms with Gasteiger partial charge < -0.3 is 9.47 Å². The van der Waals surface area contributed by atoms with Crippen LogP contribution in [0.15, 0.2) is 37.1 Å². The van der Waals surface area contributed by atoms with Crippen LogP contribution in [0.5, 0.6) is 0 Å². The number of carbonyl (C=O) groups excluding carboxylic acids is 1. The van der Waals surface area contributed by atoms with Crippen molar-refractivity contribution in [3.8, 4) is 0 Å². The predicted octanol–water partition coefficient (Wildman–Crippen LogP) is 1.99. The van der Waals surface area contributed by atoms with Gasteiger partial charge in [-0.2, -0.15) is 5.10 Å². The molecule has 0 aliphatic carbocycles. The van der Waals surface area contributed by atoms with E-state index in [4.69, 9.17) is 4.98 Å². The van der Waals surface area contributed by atoms with E-state index >= 15 is 0 Å². The van der Waals surface area contributed by atoms with Crippen LogP contribution in [-0.4, -0.2) is 41.5 Å². The smallest absolute Gasteiger partial charge is 0.243 e. The number of carbonyl (C=O) groups is 1. The van der Waals surface area contributed by atoms with Crippen molar-refractivity contribution >= 4 is 11.6 Å². The lowest BCUT2D eigenvalue weighted by molar-refractivity contribution is -0.135. The van der Waals surface area contributed by atoms with Crippen molar-refractivity contribution in [2.75, 3.05) is 6.54 Å². The minimum Gasteiger partial charge on any atom is -0.333 e. The van der Waals surface area contributed by atoms with Crippen LogP contribution in [0.1, 0.15) is 36.7 Å². The predicted molar refractivity (Wildman–Crippen MR) is 88.3 cm³/mol. The fraction of sp³-hybridized carbons (Fsp3) is 0.412. The van der Waals surface area contributed by atoms with E-state index in [0.717, 1.165) is 42.8 Å². The molecule has 4 heterocycles. The molecule has 3 aromatic heterocycles. The van der Waals surface area contributed by atoms with Gasteiger partial charge in [-0.1, -0.05) is 0 Å². The summed E-state index contributed by atoms with van der Waals surface area (Å²) in [5.41, 5.74) is 2.72. The first kappa shape index (κ1) is 14.9. The summed E-state index contributed by atoms with van der Waals surface area (Å²) in [4.78, 5) is 23.5. The third-order valence-corrected chi connectivity index (χ3v) is 4.51. The molecule has 124 valence electrons. The summed E-state index contributed by atoms with van der Waals surface area (Å²) in [6, 6.07) is 3.98. The lowest BCUT2D eigenvalue weighted by Crippen LogP contribution is -2.40. The van der Waals surface area contributed by atoms with Crippen molar-refractivity contribution in [3.63, 3.8) is 0 Å². The van der Waals surface area contributed by atoms with Gasteiger partial charge in [-0.15, -0.1) is 0 Å². The molecule has 24 heavy (non-hydrogen) atoms. The molecule has 0 unspecified atom stereocenters. The van der Waals surface area contributed by atoms with E-state index in [9.17, 15) is 4.79 Å². The molecular formula is C17H20N6O. The maximum Gasteiger partial charge on any atom is 0.243 e. The van der Waals surface area contributed by atoms with Crippen LogP contribution >= 0.6 is 0 Å². The molecule has 0 radical (unpaired) electrons. The zero-order valence-corrected chi connectivity index (χ0v) is 13.7. The lowest BCUT2D eigenvalue weighted by atomic mass is 9.99. The van der Waals surface area contributed by atoms with E-state index in [1.54, 1.807) is 17.0 Å². The molecule has 1 atom stereocenters. The van der Waals surface area contributed by atoms with Gasteiger partial charge in [-0.25, -0.2) is 14.5 Å². The Kier molecular flexibility index (Phi) is 3.76. The van der Waals surface area contributed by atoms with Gasteiger partial charge in [-0.05, 0) is 32.3 Å². The van der Waals surface area contributed by atoms with Gasteiger partial charge in [0.2, 0.25) is 5.91 Å². The quantitative estimate of drug-likeness (QED) is 0.739. The van der Waals surface area contributed by atoms with Crippen LogP contribution in [0.4, 0.5) is 0 Å². The number of aryl methyl sites for hydroxylation is 1. The molecular weight excluding hydrogens is 304 g/mol. The summed E-state index contributed by atoms with van der Waals surface area (Å²) in [5.74, 6) is 0.115. The standard InChI is InChI=1S/C17H20N6O/c1-13-10-16-19-14(5-8-23(16)20-13)15-4-2-3-7-22(15)17(24)11-21-9-6-18-12-21/h5-6,8-10,12,15H,2-4,7,11H2,1H3/t15-/m0/s1. The van der Waals surface area contributed by atoms with Crippen molar-refractivity contribution in [1.29, 1.82) is 0 Å². The first-order valence-electron chi connectivity index (χ1n) is 8.29. The number of hydrogen-bond donors (Lipinski definition) is 0. The van der Waals surface area contributed by atoms with Gasteiger partial charge in [-0.3, -0.25) is 4.79 Å². The van der Waals surface area contributed by atoms with Crippen LogP contribution in [-0.2, 0) is 11.3 Å². The molecule has 1 fully saturated rings. The van der Waals surface area contributed by atoms with Gasteiger partial charge in [0.1, 0.15) is 6.54 Å². The summed E-state index contributed by atoms with van der Waals surface area (Å²) in [6.45, 7) is 3.06. The SMILES string of the molecule is Cc1cc2nc([C@@H]3CCCCN3C(=O)Cn3ccnc3)ccn2n1. The molecule has 4 rings (SSSR count). The van der Waals surface area contributed by atoms with Crippen LogP contribution in [0, 0.1) is 6.92 Å². The van der Waals surface area contributed by atoms with Crippen molar-refractivity contribution in [1.82, 2.24) is 29.0 Å². The van der Waals surface area contributed by atoms with Crippen LogP contribution in [0.2, 0.25) is 0 Å². The summed E-state index contributed by atoms with van der Waals surface area (Å²) in [7, 11) is 0. The fourth-order valence-electron chi connectivity index (χ4n) is 3.36. The zero-order valence-electron chi connectivity index (χ0n) is 13.7. The Bertz CT molecular complexity index is 853.